The Hall–Kier alpha value is -6.42. The van der Waals surface area contributed by atoms with Gasteiger partial charge >= 0.3 is 6.03 Å². The second-order valence-corrected chi connectivity index (χ2v) is 15.7. The number of hydrogen-bond donors (Lipinski definition) is 3. The van der Waals surface area contributed by atoms with Gasteiger partial charge in [-0.1, -0.05) is 50.2 Å². The zero-order valence-electron chi connectivity index (χ0n) is 32.7. The van der Waals surface area contributed by atoms with E-state index in [1.54, 1.807) is 11.1 Å². The number of imide groups is 1. The van der Waals surface area contributed by atoms with Crippen LogP contribution in [0.25, 0.3) is 33.4 Å². The maximum absolute atomic E-state index is 12.9. The van der Waals surface area contributed by atoms with Crippen molar-refractivity contribution in [3.05, 3.63) is 90.0 Å². The van der Waals surface area contributed by atoms with Crippen molar-refractivity contribution in [2.75, 3.05) is 49.1 Å². The summed E-state index contributed by atoms with van der Waals surface area (Å²) in [7, 11) is 0. The van der Waals surface area contributed by atoms with Crippen molar-refractivity contribution in [2.45, 2.75) is 59.0 Å². The van der Waals surface area contributed by atoms with Crippen LogP contribution in [-0.4, -0.2) is 97.1 Å². The molecule has 6 aromatic rings. The summed E-state index contributed by atoms with van der Waals surface area (Å²) in [5.41, 5.74) is 8.04. The predicted octanol–water partition coefficient (Wildman–Crippen LogP) is 5.24. The molecular formula is C41H46N12O4. The Morgan fingerprint density at radius 3 is 2.42 bits per heavy atom. The summed E-state index contributed by atoms with van der Waals surface area (Å²) in [4.78, 5) is 52.0. The fourth-order valence-electron chi connectivity index (χ4n) is 7.31. The number of aromatic nitrogens is 7. The molecule has 3 N–H and O–H groups in total. The van der Waals surface area contributed by atoms with E-state index in [1.807, 2.05) is 63.8 Å². The Bertz CT molecular complexity index is 2440. The van der Waals surface area contributed by atoms with Crippen molar-refractivity contribution in [3.63, 3.8) is 0 Å². The molecule has 2 saturated heterocycles. The third-order valence-corrected chi connectivity index (χ3v) is 10.6. The highest BCUT2D eigenvalue weighted by atomic mass is 16.5. The van der Waals surface area contributed by atoms with Crippen LogP contribution in [0.3, 0.4) is 0 Å². The van der Waals surface area contributed by atoms with Gasteiger partial charge in [0.25, 0.3) is 11.7 Å². The van der Waals surface area contributed by atoms with E-state index in [4.69, 9.17) is 9.51 Å². The van der Waals surface area contributed by atoms with Crippen molar-refractivity contribution >= 4 is 40.3 Å². The van der Waals surface area contributed by atoms with Crippen LogP contribution in [0.2, 0.25) is 0 Å². The summed E-state index contributed by atoms with van der Waals surface area (Å²) in [5.74, 6) is -0.206. The number of amides is 4. The molecule has 4 aromatic heterocycles. The summed E-state index contributed by atoms with van der Waals surface area (Å²) in [6.07, 6.45) is 5.69. The fraction of sp³-hybridized carbons (Fsp3) is 0.366. The van der Waals surface area contributed by atoms with E-state index in [1.165, 1.54) is 5.69 Å². The van der Waals surface area contributed by atoms with Gasteiger partial charge < -0.3 is 14.7 Å². The van der Waals surface area contributed by atoms with Crippen LogP contribution in [0.15, 0.2) is 71.6 Å². The molecular weight excluding hydrogens is 725 g/mol. The lowest BCUT2D eigenvalue weighted by molar-refractivity contribution is -0.120. The van der Waals surface area contributed by atoms with Crippen molar-refractivity contribution in [3.8, 4) is 22.4 Å². The van der Waals surface area contributed by atoms with E-state index in [2.05, 4.69) is 82.3 Å². The van der Waals surface area contributed by atoms with Crippen LogP contribution in [0.1, 0.15) is 67.8 Å². The van der Waals surface area contributed by atoms with Crippen molar-refractivity contribution in [1.29, 1.82) is 0 Å². The zero-order valence-corrected chi connectivity index (χ0v) is 32.7. The van der Waals surface area contributed by atoms with Crippen LogP contribution >= 0.6 is 0 Å². The molecule has 2 aromatic carbocycles. The molecule has 4 amide bonds. The summed E-state index contributed by atoms with van der Waals surface area (Å²) in [6, 6.07) is 16.2. The first kappa shape index (κ1) is 37.5. The van der Waals surface area contributed by atoms with Crippen molar-refractivity contribution in [2.24, 2.45) is 0 Å². The number of pyridine rings is 1. The molecule has 0 spiro atoms. The fourth-order valence-corrected chi connectivity index (χ4v) is 7.31. The monoisotopic (exact) mass is 770 g/mol. The maximum Gasteiger partial charge on any atom is 0.328 e. The van der Waals surface area contributed by atoms with E-state index >= 15 is 0 Å². The molecule has 2 aliphatic heterocycles. The lowest BCUT2D eigenvalue weighted by Crippen LogP contribution is -2.49. The molecule has 8 rings (SSSR count). The van der Waals surface area contributed by atoms with Crippen LogP contribution in [0.5, 0.6) is 0 Å². The third-order valence-electron chi connectivity index (χ3n) is 10.6. The number of benzene rings is 2. The van der Waals surface area contributed by atoms with Crippen molar-refractivity contribution in [1.82, 2.24) is 50.6 Å². The van der Waals surface area contributed by atoms with Crippen LogP contribution in [0, 0.1) is 6.92 Å². The summed E-state index contributed by atoms with van der Waals surface area (Å²) in [5, 5.41) is 22.3. The molecule has 2 aliphatic rings. The highest BCUT2D eigenvalue weighted by molar-refractivity contribution is 6.05. The standard InChI is InChI=1S/C41H46N12O4/c1-25-20-28(8-11-32(25)26(2)44-38(55)37-46-39(57-49-37)41(3,4)5)35-33-21-29(22-42-36(33)48-47-35)27-6-9-30(10-7-27)51-17-14-50(15-18-51)16-19-52-24-31(23-43-52)53-13-12-34(54)45-40(53)56/h6-11,20-24,26H,12-19H2,1-5H3,(H,44,55)(H,42,47,48)(H,45,54,56). The van der Waals surface area contributed by atoms with Gasteiger partial charge in [-0.3, -0.25) is 34.5 Å². The van der Waals surface area contributed by atoms with Crippen LogP contribution in [0.4, 0.5) is 16.2 Å². The Balaban J connectivity index is 0.873. The van der Waals surface area contributed by atoms with Gasteiger partial charge in [-0.05, 0) is 54.8 Å². The zero-order chi connectivity index (χ0) is 39.8. The largest absolute Gasteiger partial charge is 0.369 e. The molecule has 0 radical (unpaired) electrons. The molecule has 57 heavy (non-hydrogen) atoms. The molecule has 0 saturated carbocycles. The first-order valence-corrected chi connectivity index (χ1v) is 19.2. The average Bonchev–Trinajstić information content (AvgIpc) is 3.98. The van der Waals surface area contributed by atoms with Crippen molar-refractivity contribution < 1.29 is 18.9 Å². The Labute approximate surface area is 329 Å². The number of H-pyrrole nitrogens is 1. The van der Waals surface area contributed by atoms with Gasteiger partial charge in [0.05, 0.1) is 24.5 Å². The number of aromatic amines is 1. The van der Waals surface area contributed by atoms with E-state index in [9.17, 15) is 14.4 Å². The van der Waals surface area contributed by atoms with E-state index in [-0.39, 0.29) is 35.5 Å². The lowest BCUT2D eigenvalue weighted by Gasteiger charge is -2.36. The Morgan fingerprint density at radius 2 is 1.70 bits per heavy atom. The van der Waals surface area contributed by atoms with Crippen LogP contribution < -0.4 is 20.4 Å². The maximum atomic E-state index is 12.9. The molecule has 0 bridgehead atoms. The number of nitrogens with one attached hydrogen (secondary N) is 3. The average molecular weight is 771 g/mol. The predicted molar refractivity (Wildman–Crippen MR) is 215 cm³/mol. The molecule has 6 heterocycles. The van der Waals surface area contributed by atoms with Gasteiger partial charge in [-0.15, -0.1) is 0 Å². The molecule has 294 valence electrons. The molecule has 1 unspecified atom stereocenters. The minimum atomic E-state index is -0.400. The van der Waals surface area contributed by atoms with E-state index in [0.717, 1.165) is 71.6 Å². The molecule has 1 atom stereocenters. The van der Waals surface area contributed by atoms with E-state index in [0.29, 0.717) is 30.3 Å². The normalized spacial score (nSPS) is 15.9. The smallest absolute Gasteiger partial charge is 0.328 e. The second-order valence-electron chi connectivity index (χ2n) is 15.7. The van der Waals surface area contributed by atoms with Gasteiger partial charge in [0, 0.05) is 85.7 Å². The number of nitrogens with zero attached hydrogens (tertiary/aromatic N) is 9. The number of aryl methyl sites for hydroxylation is 1. The number of anilines is 2. The van der Waals surface area contributed by atoms with Gasteiger partial charge in [-0.25, -0.2) is 9.78 Å². The number of hydrogen-bond acceptors (Lipinski definition) is 11. The first-order valence-electron chi connectivity index (χ1n) is 19.2. The number of carbonyl (C=O) groups is 3. The summed E-state index contributed by atoms with van der Waals surface area (Å²) in [6.45, 7) is 15.4. The topological polar surface area (TPSA) is 183 Å². The highest BCUT2D eigenvalue weighted by Crippen LogP contribution is 2.32. The first-order chi connectivity index (χ1) is 27.4. The van der Waals surface area contributed by atoms with Gasteiger partial charge in [-0.2, -0.15) is 15.2 Å². The minimum absolute atomic E-state index is 0.0172. The Kier molecular flexibility index (Phi) is 10.0. The number of urea groups is 1. The van der Waals surface area contributed by atoms with Gasteiger partial charge in [0.15, 0.2) is 5.65 Å². The summed E-state index contributed by atoms with van der Waals surface area (Å²) < 4.78 is 7.16. The SMILES string of the molecule is Cc1cc(-c2n[nH]c3ncc(-c4ccc(N5CCN(CCn6cc(N7CCC(=O)NC7=O)cn6)CC5)cc4)cc23)ccc1C(C)NC(=O)c1noc(C(C)(C)C)n1. The van der Waals surface area contributed by atoms with Gasteiger partial charge in [0.1, 0.15) is 5.69 Å². The van der Waals surface area contributed by atoms with E-state index < -0.39 is 6.03 Å². The lowest BCUT2D eigenvalue weighted by atomic mass is 9.97. The third kappa shape index (κ3) is 7.98. The molecule has 0 aliphatic carbocycles. The summed E-state index contributed by atoms with van der Waals surface area (Å²) >= 11 is 0. The quantitative estimate of drug-likeness (QED) is 0.166. The highest BCUT2D eigenvalue weighted by Gasteiger charge is 2.27. The number of carbonyl (C=O) groups excluding carboxylic acids is 3. The molecule has 16 heteroatoms. The molecule has 2 fully saturated rings. The van der Waals surface area contributed by atoms with Gasteiger partial charge in [0.2, 0.25) is 11.8 Å². The number of piperazine rings is 1. The number of fused-ring (bicyclic) bond motifs is 1. The number of rotatable bonds is 10. The molecule has 16 nitrogen and oxygen atoms in total. The van der Waals surface area contributed by atoms with Crippen LogP contribution in [-0.2, 0) is 16.8 Å². The second kappa shape index (κ2) is 15.3. The Morgan fingerprint density at radius 1 is 0.930 bits per heavy atom. The minimum Gasteiger partial charge on any atom is -0.369 e.